The number of hydroxylamine groups is 1. The maximum Gasteiger partial charge on any atom is 0.243 e. The van der Waals surface area contributed by atoms with Crippen molar-refractivity contribution in [2.45, 2.75) is 44.6 Å². The first-order valence-corrected chi connectivity index (χ1v) is 7.80. The normalized spacial score (nSPS) is 12.3. The Hall–Kier alpha value is -1.91. The van der Waals surface area contributed by atoms with Crippen LogP contribution in [0, 0.1) is 0 Å². The molecule has 2 aromatic carbocycles. The Balaban J connectivity index is 1.74. The molecule has 2 aromatic rings. The molecule has 0 heterocycles. The average Bonchev–Trinajstić information content (AvgIpc) is 2.56. The number of carbonyl (C=O) groups is 1. The van der Waals surface area contributed by atoms with Gasteiger partial charge in [0.1, 0.15) is 0 Å². The van der Waals surface area contributed by atoms with Crippen molar-refractivity contribution < 1.29 is 15.1 Å². The fourth-order valence-corrected chi connectivity index (χ4v) is 2.61. The van der Waals surface area contributed by atoms with Crippen molar-refractivity contribution in [3.8, 4) is 0 Å². The Morgan fingerprint density at radius 3 is 2.50 bits per heavy atom. The highest BCUT2D eigenvalue weighted by Gasteiger charge is 2.08. The van der Waals surface area contributed by atoms with Crippen LogP contribution in [0.1, 0.15) is 50.2 Å². The molecule has 1 unspecified atom stereocenters. The van der Waals surface area contributed by atoms with Crippen LogP contribution < -0.4 is 5.48 Å². The highest BCUT2D eigenvalue weighted by molar-refractivity contribution is 5.83. The molecule has 22 heavy (non-hydrogen) atoms. The van der Waals surface area contributed by atoms with Gasteiger partial charge in [0.05, 0.1) is 6.10 Å². The van der Waals surface area contributed by atoms with E-state index in [9.17, 15) is 9.90 Å². The van der Waals surface area contributed by atoms with Crippen molar-refractivity contribution in [1.29, 1.82) is 0 Å². The molecular weight excluding hydrogens is 278 g/mol. The second-order valence-corrected chi connectivity index (χ2v) is 5.61. The summed E-state index contributed by atoms with van der Waals surface area (Å²) in [6.07, 6.45) is 4.23. The third-order valence-corrected chi connectivity index (χ3v) is 3.91. The molecule has 0 radical (unpaired) electrons. The smallest absolute Gasteiger partial charge is 0.243 e. The van der Waals surface area contributed by atoms with Crippen molar-refractivity contribution in [1.82, 2.24) is 5.48 Å². The Morgan fingerprint density at radius 1 is 1.00 bits per heavy atom. The number of aliphatic hydroxyl groups excluding tert-OH is 1. The Kier molecular flexibility index (Phi) is 6.37. The van der Waals surface area contributed by atoms with Crippen LogP contribution in [-0.2, 0) is 4.79 Å². The first-order chi connectivity index (χ1) is 10.7. The fraction of sp³-hybridized carbons (Fsp3) is 0.389. The standard InChI is InChI=1S/C18H23NO3/c20-17(9-3-1-2-4-10-18(21)19-22)16-12-11-14-7-5-6-8-15(14)13-16/h5-8,11-13,17,20,22H,1-4,9-10H2,(H,19,21). The molecule has 0 aromatic heterocycles. The fourth-order valence-electron chi connectivity index (χ4n) is 2.61. The summed E-state index contributed by atoms with van der Waals surface area (Å²) in [5.74, 6) is -0.337. The van der Waals surface area contributed by atoms with Crippen molar-refractivity contribution >= 4 is 16.7 Å². The van der Waals surface area contributed by atoms with Gasteiger partial charge in [0.15, 0.2) is 0 Å². The number of carbonyl (C=O) groups excluding carboxylic acids is 1. The molecule has 1 amide bonds. The summed E-state index contributed by atoms with van der Waals surface area (Å²) < 4.78 is 0. The van der Waals surface area contributed by atoms with Gasteiger partial charge < -0.3 is 5.11 Å². The maximum atomic E-state index is 10.8. The van der Waals surface area contributed by atoms with Crippen LogP contribution in [0.3, 0.4) is 0 Å². The molecule has 0 aliphatic rings. The van der Waals surface area contributed by atoms with Gasteiger partial charge in [-0.15, -0.1) is 0 Å². The van der Waals surface area contributed by atoms with Gasteiger partial charge in [-0.05, 0) is 35.2 Å². The number of amides is 1. The Labute approximate surface area is 130 Å². The second kappa shape index (κ2) is 8.51. The molecule has 0 saturated carbocycles. The third kappa shape index (κ3) is 4.83. The number of benzene rings is 2. The summed E-state index contributed by atoms with van der Waals surface area (Å²) in [6.45, 7) is 0. The molecule has 118 valence electrons. The van der Waals surface area contributed by atoms with Crippen molar-refractivity contribution in [3.05, 3.63) is 48.0 Å². The van der Waals surface area contributed by atoms with E-state index < -0.39 is 6.10 Å². The first-order valence-electron chi connectivity index (χ1n) is 7.80. The van der Waals surface area contributed by atoms with Crippen molar-refractivity contribution in [3.63, 3.8) is 0 Å². The van der Waals surface area contributed by atoms with Gasteiger partial charge in [-0.2, -0.15) is 0 Å². The van der Waals surface area contributed by atoms with Crippen LogP contribution >= 0.6 is 0 Å². The first kappa shape index (κ1) is 16.5. The van der Waals surface area contributed by atoms with Crippen LogP contribution in [0.2, 0.25) is 0 Å². The molecule has 0 aliphatic carbocycles. The van der Waals surface area contributed by atoms with E-state index in [4.69, 9.17) is 5.21 Å². The number of rotatable bonds is 8. The summed E-state index contributed by atoms with van der Waals surface area (Å²) >= 11 is 0. The zero-order valence-electron chi connectivity index (χ0n) is 12.7. The minimum Gasteiger partial charge on any atom is -0.388 e. The van der Waals surface area contributed by atoms with E-state index in [1.807, 2.05) is 30.3 Å². The summed E-state index contributed by atoms with van der Waals surface area (Å²) in [6, 6.07) is 14.2. The summed E-state index contributed by atoms with van der Waals surface area (Å²) in [4.78, 5) is 10.8. The van der Waals surface area contributed by atoms with E-state index in [0.717, 1.165) is 43.1 Å². The molecule has 0 saturated heterocycles. The quantitative estimate of drug-likeness (QED) is 0.395. The number of fused-ring (bicyclic) bond motifs is 1. The molecule has 0 fully saturated rings. The van der Waals surface area contributed by atoms with Gasteiger partial charge in [-0.3, -0.25) is 10.0 Å². The van der Waals surface area contributed by atoms with Crippen molar-refractivity contribution in [2.75, 3.05) is 0 Å². The molecule has 0 spiro atoms. The van der Waals surface area contributed by atoms with E-state index in [0.29, 0.717) is 6.42 Å². The Morgan fingerprint density at radius 2 is 1.73 bits per heavy atom. The SMILES string of the molecule is O=C(CCCCCCC(O)c1ccc2ccccc2c1)NO. The second-order valence-electron chi connectivity index (χ2n) is 5.61. The summed E-state index contributed by atoms with van der Waals surface area (Å²) in [7, 11) is 0. The van der Waals surface area contributed by atoms with E-state index in [1.54, 1.807) is 5.48 Å². The molecular formula is C18H23NO3. The van der Waals surface area contributed by atoms with Gasteiger partial charge in [0, 0.05) is 6.42 Å². The van der Waals surface area contributed by atoms with Crippen LogP contribution in [0.5, 0.6) is 0 Å². The van der Waals surface area contributed by atoms with Crippen LogP contribution in [-0.4, -0.2) is 16.2 Å². The van der Waals surface area contributed by atoms with Crippen LogP contribution in [0.15, 0.2) is 42.5 Å². The van der Waals surface area contributed by atoms with Crippen LogP contribution in [0.4, 0.5) is 0 Å². The highest BCUT2D eigenvalue weighted by Crippen LogP contribution is 2.24. The average molecular weight is 301 g/mol. The lowest BCUT2D eigenvalue weighted by Gasteiger charge is -2.12. The summed E-state index contributed by atoms with van der Waals surface area (Å²) in [5.41, 5.74) is 2.59. The predicted octanol–water partition coefficient (Wildman–Crippen LogP) is 3.72. The molecule has 2 rings (SSSR count). The number of unbranched alkanes of at least 4 members (excludes halogenated alkanes) is 3. The van der Waals surface area contributed by atoms with E-state index >= 15 is 0 Å². The number of hydrogen-bond acceptors (Lipinski definition) is 3. The van der Waals surface area contributed by atoms with E-state index in [1.165, 1.54) is 5.39 Å². The van der Waals surface area contributed by atoms with E-state index in [-0.39, 0.29) is 5.91 Å². The van der Waals surface area contributed by atoms with Crippen LogP contribution in [0.25, 0.3) is 10.8 Å². The lowest BCUT2D eigenvalue weighted by molar-refractivity contribution is -0.129. The zero-order chi connectivity index (χ0) is 15.8. The topological polar surface area (TPSA) is 69.6 Å². The molecule has 4 nitrogen and oxygen atoms in total. The minimum atomic E-state index is -0.439. The summed E-state index contributed by atoms with van der Waals surface area (Å²) in [5, 5.41) is 21.0. The predicted molar refractivity (Wildman–Crippen MR) is 86.5 cm³/mol. The van der Waals surface area contributed by atoms with Gasteiger partial charge in [0.25, 0.3) is 0 Å². The minimum absolute atomic E-state index is 0.337. The highest BCUT2D eigenvalue weighted by atomic mass is 16.5. The molecule has 3 N–H and O–H groups in total. The van der Waals surface area contributed by atoms with Gasteiger partial charge in [0.2, 0.25) is 5.91 Å². The zero-order valence-corrected chi connectivity index (χ0v) is 12.7. The lowest BCUT2D eigenvalue weighted by atomic mass is 9.99. The largest absolute Gasteiger partial charge is 0.388 e. The van der Waals surface area contributed by atoms with Crippen molar-refractivity contribution in [2.24, 2.45) is 0 Å². The number of nitrogens with one attached hydrogen (secondary N) is 1. The molecule has 4 heteroatoms. The molecule has 0 aliphatic heterocycles. The van der Waals surface area contributed by atoms with E-state index in [2.05, 4.69) is 12.1 Å². The number of hydrogen-bond donors (Lipinski definition) is 3. The third-order valence-electron chi connectivity index (χ3n) is 3.91. The monoisotopic (exact) mass is 301 g/mol. The molecule has 1 atom stereocenters. The Bertz CT molecular complexity index is 612. The van der Waals surface area contributed by atoms with Gasteiger partial charge >= 0.3 is 0 Å². The van der Waals surface area contributed by atoms with Gasteiger partial charge in [-0.1, -0.05) is 55.7 Å². The lowest BCUT2D eigenvalue weighted by Crippen LogP contribution is -2.17. The molecule has 0 bridgehead atoms. The number of aliphatic hydroxyl groups is 1. The maximum absolute atomic E-state index is 10.8. The van der Waals surface area contributed by atoms with Gasteiger partial charge in [-0.25, -0.2) is 5.48 Å².